The standard InChI is InChI=1S/C74H88N2O8/c1-53-47-67(37-23-57(53)51-83-71-17-9-13-45-79-71)75(63-33-19-55(20-34-63)49-81-69-15-7-11-43-77-69)65-39-29-61(30-40-65)73(3,4)59-25-27-60(28-26-59)74(5,6)62-31-41-66(42-32-62)76(64-35-21-56(22-36-64)50-82-70-16-8-12-44-78-70)68-38-24-58(54(2)48-68)52-84-72-18-10-14-46-80-72/h19-42,47-48,69-72H,7-18,43-46,49-52H2,1-6H3. The largest absolute Gasteiger partial charge is 0.353 e. The first kappa shape index (κ1) is 59.5. The zero-order chi connectivity index (χ0) is 57.9. The molecule has 4 saturated heterocycles. The Morgan fingerprint density at radius 1 is 0.333 bits per heavy atom. The Labute approximate surface area is 500 Å². The van der Waals surface area contributed by atoms with Gasteiger partial charge in [-0.2, -0.15) is 0 Å². The van der Waals surface area contributed by atoms with Crippen molar-refractivity contribution in [1.82, 2.24) is 0 Å². The zero-order valence-electron chi connectivity index (χ0n) is 50.6. The molecule has 0 bridgehead atoms. The molecule has 0 aliphatic carbocycles. The van der Waals surface area contributed by atoms with E-state index >= 15 is 0 Å². The molecule has 7 aromatic rings. The summed E-state index contributed by atoms with van der Waals surface area (Å²) in [4.78, 5) is 4.69. The molecule has 0 saturated carbocycles. The molecule has 7 aromatic carbocycles. The van der Waals surface area contributed by atoms with Gasteiger partial charge in [-0.3, -0.25) is 0 Å². The third-order valence-corrected chi connectivity index (χ3v) is 17.9. The van der Waals surface area contributed by atoms with E-state index in [1.807, 2.05) is 0 Å². The maximum atomic E-state index is 6.23. The summed E-state index contributed by atoms with van der Waals surface area (Å²) in [6.45, 7) is 18.8. The van der Waals surface area contributed by atoms with E-state index < -0.39 is 0 Å². The lowest BCUT2D eigenvalue weighted by atomic mass is 9.74. The van der Waals surface area contributed by atoms with Crippen molar-refractivity contribution < 1.29 is 37.9 Å². The fourth-order valence-electron chi connectivity index (χ4n) is 12.1. The van der Waals surface area contributed by atoms with Crippen LogP contribution in [0.4, 0.5) is 34.1 Å². The second kappa shape index (κ2) is 27.9. The molecule has 10 nitrogen and oxygen atoms in total. The summed E-state index contributed by atoms with van der Waals surface area (Å²) in [7, 11) is 0. The van der Waals surface area contributed by atoms with Gasteiger partial charge in [-0.15, -0.1) is 0 Å². The molecular formula is C74H88N2O8. The Morgan fingerprint density at radius 2 is 0.595 bits per heavy atom. The minimum Gasteiger partial charge on any atom is -0.353 e. The number of anilines is 6. The van der Waals surface area contributed by atoms with Crippen LogP contribution in [0.5, 0.6) is 0 Å². The van der Waals surface area contributed by atoms with E-state index in [-0.39, 0.29) is 36.0 Å². The summed E-state index contributed by atoms with van der Waals surface area (Å²) in [5.41, 5.74) is 17.9. The lowest BCUT2D eigenvalue weighted by molar-refractivity contribution is -0.169. The highest BCUT2D eigenvalue weighted by Gasteiger charge is 2.29. The molecule has 4 aliphatic heterocycles. The second-order valence-electron chi connectivity index (χ2n) is 24.6. The van der Waals surface area contributed by atoms with Gasteiger partial charge in [0, 0.05) is 71.4 Å². The van der Waals surface area contributed by atoms with Crippen molar-refractivity contribution in [2.45, 2.75) is 181 Å². The number of ether oxygens (including phenoxy) is 8. The van der Waals surface area contributed by atoms with Gasteiger partial charge in [-0.25, -0.2) is 0 Å². The predicted octanol–water partition coefficient (Wildman–Crippen LogP) is 18.1. The van der Waals surface area contributed by atoms with Gasteiger partial charge in [0.1, 0.15) is 0 Å². The van der Waals surface area contributed by atoms with Crippen molar-refractivity contribution in [2.24, 2.45) is 0 Å². The maximum Gasteiger partial charge on any atom is 0.158 e. The average Bonchev–Trinajstić information content (AvgIpc) is 2.72. The van der Waals surface area contributed by atoms with Crippen LogP contribution in [0, 0.1) is 13.8 Å². The Kier molecular flexibility index (Phi) is 19.8. The van der Waals surface area contributed by atoms with E-state index in [1.54, 1.807) is 0 Å². The number of aryl methyl sites for hydroxylation is 2. The molecule has 4 aliphatic rings. The highest BCUT2D eigenvalue weighted by molar-refractivity contribution is 5.79. The van der Waals surface area contributed by atoms with Crippen molar-refractivity contribution in [3.63, 3.8) is 0 Å². The average molecular weight is 1130 g/mol. The monoisotopic (exact) mass is 1130 g/mol. The Balaban J connectivity index is 0.803. The molecule has 11 rings (SSSR count). The predicted molar refractivity (Wildman–Crippen MR) is 336 cm³/mol. The van der Waals surface area contributed by atoms with Crippen LogP contribution in [0.1, 0.15) is 160 Å². The number of nitrogens with zero attached hydrogens (tertiary/aromatic N) is 2. The Morgan fingerprint density at radius 3 is 0.869 bits per heavy atom. The van der Waals surface area contributed by atoms with Crippen LogP contribution in [-0.4, -0.2) is 51.6 Å². The van der Waals surface area contributed by atoms with E-state index in [4.69, 9.17) is 37.9 Å². The molecule has 84 heavy (non-hydrogen) atoms. The van der Waals surface area contributed by atoms with Gasteiger partial charge in [0.15, 0.2) is 25.2 Å². The number of hydrogen-bond donors (Lipinski definition) is 0. The Bertz CT molecular complexity index is 2960. The van der Waals surface area contributed by atoms with Gasteiger partial charge >= 0.3 is 0 Å². The van der Waals surface area contributed by atoms with Crippen LogP contribution < -0.4 is 9.80 Å². The molecule has 0 spiro atoms. The zero-order valence-corrected chi connectivity index (χ0v) is 50.6. The Hall–Kier alpha value is -6.18. The number of rotatable bonds is 22. The molecule has 4 unspecified atom stereocenters. The summed E-state index contributed by atoms with van der Waals surface area (Å²) in [5.74, 6) is 0. The van der Waals surface area contributed by atoms with E-state index in [1.165, 1.54) is 44.5 Å². The summed E-state index contributed by atoms with van der Waals surface area (Å²) in [5, 5.41) is 0. The summed E-state index contributed by atoms with van der Waals surface area (Å²) in [6, 6.07) is 58.5. The van der Waals surface area contributed by atoms with Crippen LogP contribution in [0.2, 0.25) is 0 Å². The van der Waals surface area contributed by atoms with E-state index in [9.17, 15) is 0 Å². The van der Waals surface area contributed by atoms with E-state index in [2.05, 4.69) is 209 Å². The molecule has 4 atom stereocenters. The lowest BCUT2D eigenvalue weighted by Crippen LogP contribution is -2.22. The molecule has 0 aromatic heterocycles. The normalized spacial score (nSPS) is 19.7. The van der Waals surface area contributed by atoms with Crippen molar-refractivity contribution in [3.8, 4) is 0 Å². The third-order valence-electron chi connectivity index (χ3n) is 17.9. The molecule has 442 valence electrons. The SMILES string of the molecule is Cc1cc(N(c2ccc(COC3CCCCO3)cc2)c2ccc(C(C)(C)c3ccc(C(C)(C)c4ccc(N(c5ccc(COC6CCCCO6)cc5)c5ccc(COC6CCCCO6)c(C)c5)cc4)cc3)cc2)ccc1COC1CCCCO1. The summed E-state index contributed by atoms with van der Waals surface area (Å²) in [6.07, 6.45) is 12.3. The molecule has 4 fully saturated rings. The molecular weight excluding hydrogens is 1040 g/mol. The molecule has 0 radical (unpaired) electrons. The quantitative estimate of drug-likeness (QED) is 0.0655. The summed E-state index contributed by atoms with van der Waals surface area (Å²) >= 11 is 0. The number of benzene rings is 7. The first-order valence-electron chi connectivity index (χ1n) is 31.2. The van der Waals surface area contributed by atoms with Gasteiger partial charge < -0.3 is 47.7 Å². The second-order valence-corrected chi connectivity index (χ2v) is 24.6. The first-order chi connectivity index (χ1) is 40.9. The van der Waals surface area contributed by atoms with Gasteiger partial charge in [-0.1, -0.05) is 113 Å². The highest BCUT2D eigenvalue weighted by Crippen LogP contribution is 2.42. The van der Waals surface area contributed by atoms with Gasteiger partial charge in [0.25, 0.3) is 0 Å². The van der Waals surface area contributed by atoms with Crippen LogP contribution >= 0.6 is 0 Å². The summed E-state index contributed by atoms with van der Waals surface area (Å²) < 4.78 is 48.3. The van der Waals surface area contributed by atoms with Gasteiger partial charge in [-0.05, 0) is 219 Å². The minimum absolute atomic E-state index is 0.127. The van der Waals surface area contributed by atoms with Crippen LogP contribution in [0.15, 0.2) is 158 Å². The minimum atomic E-state index is -0.260. The van der Waals surface area contributed by atoms with Crippen LogP contribution in [0.25, 0.3) is 0 Å². The molecule has 0 N–H and O–H groups in total. The lowest BCUT2D eigenvalue weighted by Gasteiger charge is -2.31. The highest BCUT2D eigenvalue weighted by atomic mass is 16.7. The van der Waals surface area contributed by atoms with Gasteiger partial charge in [0.05, 0.1) is 26.4 Å². The van der Waals surface area contributed by atoms with E-state index in [0.29, 0.717) is 26.4 Å². The van der Waals surface area contributed by atoms with E-state index in [0.717, 1.165) is 149 Å². The van der Waals surface area contributed by atoms with Crippen molar-refractivity contribution in [1.29, 1.82) is 0 Å². The fourth-order valence-corrected chi connectivity index (χ4v) is 12.1. The van der Waals surface area contributed by atoms with Crippen LogP contribution in [-0.2, 0) is 75.2 Å². The molecule has 10 heteroatoms. The van der Waals surface area contributed by atoms with Gasteiger partial charge in [0.2, 0.25) is 0 Å². The molecule has 4 heterocycles. The van der Waals surface area contributed by atoms with Crippen molar-refractivity contribution >= 4 is 34.1 Å². The fraction of sp³-hybridized carbons (Fsp3) is 0.432. The maximum absolute atomic E-state index is 6.23. The number of hydrogen-bond acceptors (Lipinski definition) is 10. The van der Waals surface area contributed by atoms with Crippen molar-refractivity contribution in [3.05, 3.63) is 213 Å². The molecule has 0 amide bonds. The topological polar surface area (TPSA) is 80.3 Å². The smallest absolute Gasteiger partial charge is 0.158 e. The van der Waals surface area contributed by atoms with Crippen molar-refractivity contribution in [2.75, 3.05) is 36.2 Å². The van der Waals surface area contributed by atoms with Crippen LogP contribution in [0.3, 0.4) is 0 Å². The first-order valence-corrected chi connectivity index (χ1v) is 31.2. The third kappa shape index (κ3) is 14.7.